The third kappa shape index (κ3) is 5.75. The molecule has 4 rings (SSSR count). The molecule has 0 radical (unpaired) electrons. The molecule has 0 saturated carbocycles. The van der Waals surface area contributed by atoms with Gasteiger partial charge in [-0.3, -0.25) is 0 Å². The smallest absolute Gasteiger partial charge is 0.203 e. The zero-order valence-corrected chi connectivity index (χ0v) is 37.0. The van der Waals surface area contributed by atoms with E-state index in [0.717, 1.165) is 16.7 Å². The van der Waals surface area contributed by atoms with Gasteiger partial charge >= 0.3 is 0 Å². The minimum atomic E-state index is -4.29. The SMILES string of the molecule is COc1c(C)c(OC)c([Si](c2c(OC)c(C)c(OC)c(OC)c2OC)(c2c(OC)c(C)c(OC)c(OC)c2OC)C2(C)C=C(C)C(C)=C2C)c(OC)c1OC. The lowest BCUT2D eigenvalue weighted by Crippen LogP contribution is -2.74. The molecule has 12 nitrogen and oxygen atoms in total. The maximum atomic E-state index is 6.57. The van der Waals surface area contributed by atoms with Gasteiger partial charge in [0.1, 0.15) is 17.2 Å². The van der Waals surface area contributed by atoms with Crippen LogP contribution in [0.4, 0.5) is 0 Å². The number of allylic oxidation sites excluding steroid dienone is 4. The monoisotopic (exact) mass is 782 g/mol. The second kappa shape index (κ2) is 16.4. The van der Waals surface area contributed by atoms with Crippen LogP contribution in [0.3, 0.4) is 0 Å². The topological polar surface area (TPSA) is 111 Å². The second-order valence-electron chi connectivity index (χ2n) is 13.4. The van der Waals surface area contributed by atoms with Gasteiger partial charge < -0.3 is 56.8 Å². The van der Waals surface area contributed by atoms with E-state index in [1.54, 1.807) is 85.3 Å². The van der Waals surface area contributed by atoms with Crippen molar-refractivity contribution < 1.29 is 56.8 Å². The summed E-state index contributed by atoms with van der Waals surface area (Å²) in [6.45, 7) is 14.4. The summed E-state index contributed by atoms with van der Waals surface area (Å²) in [6.07, 6.45) is 2.30. The third-order valence-electron chi connectivity index (χ3n) is 11.4. The average Bonchev–Trinajstić information content (AvgIpc) is 3.39. The molecule has 1 aliphatic rings. The Morgan fingerprint density at radius 1 is 0.345 bits per heavy atom. The van der Waals surface area contributed by atoms with E-state index >= 15 is 0 Å². The van der Waals surface area contributed by atoms with Crippen LogP contribution < -0.4 is 72.4 Å². The summed E-state index contributed by atoms with van der Waals surface area (Å²) in [6, 6.07) is 0. The molecule has 0 saturated heterocycles. The van der Waals surface area contributed by atoms with Crippen LogP contribution >= 0.6 is 0 Å². The van der Waals surface area contributed by atoms with Gasteiger partial charge in [0.05, 0.1) is 85.3 Å². The fraction of sp³-hybridized carbons (Fsp3) is 0.476. The summed E-state index contributed by atoms with van der Waals surface area (Å²) in [5.74, 6) is 4.97. The molecule has 0 fully saturated rings. The maximum absolute atomic E-state index is 6.57. The van der Waals surface area contributed by atoms with Crippen molar-refractivity contribution in [3.63, 3.8) is 0 Å². The molecule has 302 valence electrons. The van der Waals surface area contributed by atoms with Gasteiger partial charge in [-0.15, -0.1) is 0 Å². The highest BCUT2D eigenvalue weighted by molar-refractivity contribution is 7.16. The Bertz CT molecular complexity index is 1850. The lowest BCUT2D eigenvalue weighted by atomic mass is 10.0. The molecule has 0 aliphatic heterocycles. The fourth-order valence-electron chi connectivity index (χ4n) is 8.89. The van der Waals surface area contributed by atoms with Crippen molar-refractivity contribution in [1.82, 2.24) is 0 Å². The van der Waals surface area contributed by atoms with E-state index in [4.69, 9.17) is 56.8 Å². The zero-order valence-electron chi connectivity index (χ0n) is 36.0. The first-order valence-corrected chi connectivity index (χ1v) is 19.7. The van der Waals surface area contributed by atoms with Gasteiger partial charge in [-0.2, -0.15) is 0 Å². The van der Waals surface area contributed by atoms with Crippen LogP contribution in [0.5, 0.6) is 69.0 Å². The minimum Gasteiger partial charge on any atom is -0.496 e. The van der Waals surface area contributed by atoms with Crippen LogP contribution in [0.2, 0.25) is 5.04 Å². The van der Waals surface area contributed by atoms with Gasteiger partial charge in [0.2, 0.25) is 17.2 Å². The van der Waals surface area contributed by atoms with Crippen molar-refractivity contribution >= 4 is 23.6 Å². The molecule has 0 spiro atoms. The Balaban J connectivity index is 2.82. The van der Waals surface area contributed by atoms with Crippen molar-refractivity contribution in [2.45, 2.75) is 53.5 Å². The molecule has 55 heavy (non-hydrogen) atoms. The summed E-state index contributed by atoms with van der Waals surface area (Å²) < 4.78 is 76.1. The summed E-state index contributed by atoms with van der Waals surface area (Å²) in [4.78, 5) is 0. The summed E-state index contributed by atoms with van der Waals surface area (Å²) in [5, 5.41) is 1.03. The molecule has 0 aromatic heterocycles. The fourth-order valence-corrected chi connectivity index (χ4v) is 15.9. The number of hydrogen-bond acceptors (Lipinski definition) is 12. The van der Waals surface area contributed by atoms with Gasteiger partial charge in [0, 0.05) is 37.3 Å². The standard InChI is InChI=1S/C42H58O12Si/c1-21-20-42(7,26(6)22(21)2)55(39-30(46-11)23(3)27(43-8)33(49-14)36(39)52-17,40-31(47-12)24(4)28(44-9)34(50-15)37(40)53-18)41-32(48-13)25(5)29(45-10)35(51-16)38(41)54-19/h20H,1-19H3. The Morgan fingerprint density at radius 3 is 0.764 bits per heavy atom. The predicted molar refractivity (Wildman–Crippen MR) is 217 cm³/mol. The Labute approximate surface area is 327 Å². The molecular weight excluding hydrogens is 725 g/mol. The molecule has 1 unspecified atom stereocenters. The highest BCUT2D eigenvalue weighted by Crippen LogP contribution is 2.61. The van der Waals surface area contributed by atoms with E-state index in [1.165, 1.54) is 0 Å². The van der Waals surface area contributed by atoms with Crippen LogP contribution in [-0.2, 0) is 0 Å². The maximum Gasteiger partial charge on any atom is 0.203 e. The Kier molecular flexibility index (Phi) is 12.7. The number of rotatable bonds is 16. The third-order valence-corrected chi connectivity index (χ3v) is 17.1. The minimum absolute atomic E-state index is 0.362. The number of methoxy groups -OCH3 is 12. The van der Waals surface area contributed by atoms with Gasteiger partial charge in [-0.25, -0.2) is 0 Å². The number of ether oxygens (including phenoxy) is 12. The van der Waals surface area contributed by atoms with E-state index in [0.29, 0.717) is 101 Å². The first-order valence-electron chi connectivity index (χ1n) is 17.7. The van der Waals surface area contributed by atoms with Crippen LogP contribution in [0.25, 0.3) is 0 Å². The van der Waals surface area contributed by atoms with Crippen molar-refractivity contribution in [1.29, 1.82) is 0 Å². The Hall–Kier alpha value is -5.04. The van der Waals surface area contributed by atoms with Gasteiger partial charge in [-0.1, -0.05) is 24.1 Å². The van der Waals surface area contributed by atoms with Crippen molar-refractivity contribution in [2.24, 2.45) is 0 Å². The van der Waals surface area contributed by atoms with E-state index in [-0.39, 0.29) is 0 Å². The molecule has 0 heterocycles. The van der Waals surface area contributed by atoms with E-state index in [1.807, 2.05) is 20.8 Å². The molecule has 0 N–H and O–H groups in total. The summed E-state index contributed by atoms with van der Waals surface area (Å²) >= 11 is 0. The van der Waals surface area contributed by atoms with Crippen molar-refractivity contribution in [3.05, 3.63) is 39.5 Å². The van der Waals surface area contributed by atoms with Crippen LogP contribution in [0.15, 0.2) is 22.8 Å². The van der Waals surface area contributed by atoms with Crippen molar-refractivity contribution in [3.8, 4) is 69.0 Å². The molecule has 1 aliphatic carbocycles. The molecule has 3 aromatic carbocycles. The number of benzene rings is 3. The largest absolute Gasteiger partial charge is 0.496 e. The highest BCUT2D eigenvalue weighted by atomic mass is 28.3. The predicted octanol–water partition coefficient (Wildman–Crippen LogP) is 6.24. The molecule has 1 atom stereocenters. The van der Waals surface area contributed by atoms with Crippen LogP contribution in [0, 0.1) is 20.8 Å². The van der Waals surface area contributed by atoms with Crippen LogP contribution in [0.1, 0.15) is 44.4 Å². The normalized spacial score (nSPS) is 15.3. The molecule has 3 aromatic rings. The van der Waals surface area contributed by atoms with E-state index in [2.05, 4.69) is 33.8 Å². The molecule has 0 bridgehead atoms. The Morgan fingerprint density at radius 2 is 0.582 bits per heavy atom. The lowest BCUT2D eigenvalue weighted by molar-refractivity contribution is 0.316. The molecule has 0 amide bonds. The zero-order chi connectivity index (χ0) is 41.3. The first kappa shape index (κ1) is 42.7. The molecular formula is C42H58O12Si. The van der Waals surface area contributed by atoms with Crippen LogP contribution in [-0.4, -0.2) is 93.4 Å². The van der Waals surface area contributed by atoms with E-state index < -0.39 is 13.1 Å². The number of hydrogen-bond donors (Lipinski definition) is 0. The summed E-state index contributed by atoms with van der Waals surface area (Å²) in [7, 11) is 14.9. The first-order chi connectivity index (χ1) is 26.2. The van der Waals surface area contributed by atoms with E-state index in [9.17, 15) is 0 Å². The highest BCUT2D eigenvalue weighted by Gasteiger charge is 2.65. The van der Waals surface area contributed by atoms with Gasteiger partial charge in [0.25, 0.3) is 0 Å². The van der Waals surface area contributed by atoms with Gasteiger partial charge in [0.15, 0.2) is 42.6 Å². The van der Waals surface area contributed by atoms with Gasteiger partial charge in [-0.05, 0) is 47.1 Å². The summed E-state index contributed by atoms with van der Waals surface area (Å²) in [5.41, 5.74) is 5.26. The second-order valence-corrected chi connectivity index (χ2v) is 17.5. The average molecular weight is 783 g/mol. The quantitative estimate of drug-likeness (QED) is 0.121. The lowest BCUT2D eigenvalue weighted by Gasteiger charge is -2.49. The van der Waals surface area contributed by atoms with Crippen molar-refractivity contribution in [2.75, 3.05) is 85.3 Å². The molecule has 13 heteroatoms.